The molecular weight excluding hydrogens is 180 g/mol. The first-order valence-corrected chi connectivity index (χ1v) is 4.79. The number of nitrogens with zero attached hydrogens (tertiary/aromatic N) is 1. The molecule has 0 saturated heterocycles. The highest BCUT2D eigenvalue weighted by atomic mass is 16.5. The maximum absolute atomic E-state index is 11.3. The van der Waals surface area contributed by atoms with E-state index in [2.05, 4.69) is 11.4 Å². The Morgan fingerprint density at radius 3 is 2.71 bits per heavy atom. The van der Waals surface area contributed by atoms with Crippen LogP contribution in [0.4, 0.5) is 0 Å². The monoisotopic (exact) mass is 198 g/mol. The summed E-state index contributed by atoms with van der Waals surface area (Å²) in [7, 11) is 1.60. The molecule has 1 N–H and O–H groups in total. The van der Waals surface area contributed by atoms with E-state index in [-0.39, 0.29) is 5.91 Å². The molecule has 0 aliphatic rings. The molecule has 0 aliphatic carbocycles. The number of carbonyl (C=O) groups excluding carboxylic acids is 1. The fourth-order valence-corrected chi connectivity index (χ4v) is 0.943. The zero-order valence-corrected chi connectivity index (χ0v) is 9.09. The van der Waals surface area contributed by atoms with Gasteiger partial charge < -0.3 is 10.1 Å². The van der Waals surface area contributed by atoms with Gasteiger partial charge in [-0.25, -0.2) is 0 Å². The Labute approximate surface area is 85.2 Å². The molecule has 0 aliphatic heterocycles. The minimum atomic E-state index is -0.732. The van der Waals surface area contributed by atoms with Crippen LogP contribution in [0.5, 0.6) is 0 Å². The van der Waals surface area contributed by atoms with Gasteiger partial charge in [-0.2, -0.15) is 5.26 Å². The fourth-order valence-electron chi connectivity index (χ4n) is 0.943. The Morgan fingerprint density at radius 2 is 2.29 bits per heavy atom. The van der Waals surface area contributed by atoms with E-state index in [0.29, 0.717) is 25.9 Å². The van der Waals surface area contributed by atoms with Crippen LogP contribution in [-0.2, 0) is 9.53 Å². The number of nitriles is 1. The van der Waals surface area contributed by atoms with Crippen molar-refractivity contribution in [3.63, 3.8) is 0 Å². The lowest BCUT2D eigenvalue weighted by Gasteiger charge is -2.21. The third-order valence-electron chi connectivity index (χ3n) is 2.12. The van der Waals surface area contributed by atoms with Crippen LogP contribution in [0.1, 0.15) is 33.1 Å². The first-order valence-electron chi connectivity index (χ1n) is 4.79. The van der Waals surface area contributed by atoms with Crippen LogP contribution in [-0.4, -0.2) is 25.2 Å². The van der Waals surface area contributed by atoms with Gasteiger partial charge in [0.15, 0.2) is 0 Å². The second-order valence-electron chi connectivity index (χ2n) is 3.44. The number of amides is 1. The molecule has 0 aromatic carbocycles. The molecule has 0 fully saturated rings. The number of methoxy groups -OCH3 is 1. The highest BCUT2D eigenvalue weighted by molar-refractivity contribution is 5.77. The quantitative estimate of drug-likeness (QED) is 0.653. The van der Waals surface area contributed by atoms with Gasteiger partial charge in [-0.1, -0.05) is 6.92 Å². The second-order valence-corrected chi connectivity index (χ2v) is 3.44. The summed E-state index contributed by atoms with van der Waals surface area (Å²) in [6.07, 6.45) is 1.71. The summed E-state index contributed by atoms with van der Waals surface area (Å²) in [6.45, 7) is 4.17. The molecule has 0 aromatic heterocycles. The number of rotatable bonds is 6. The predicted octanol–water partition coefficient (Wildman–Crippen LogP) is 1.22. The van der Waals surface area contributed by atoms with Crippen LogP contribution >= 0.6 is 0 Å². The van der Waals surface area contributed by atoms with Gasteiger partial charge in [-0.05, 0) is 19.8 Å². The van der Waals surface area contributed by atoms with Crippen LogP contribution in [0.3, 0.4) is 0 Å². The third-order valence-corrected chi connectivity index (χ3v) is 2.12. The lowest BCUT2D eigenvalue weighted by atomic mass is 10.0. The maximum Gasteiger partial charge on any atom is 0.221 e. The van der Waals surface area contributed by atoms with Gasteiger partial charge in [-0.3, -0.25) is 4.79 Å². The van der Waals surface area contributed by atoms with E-state index in [1.807, 2.05) is 6.92 Å². The Morgan fingerprint density at radius 1 is 1.64 bits per heavy atom. The van der Waals surface area contributed by atoms with Crippen molar-refractivity contribution >= 4 is 5.91 Å². The van der Waals surface area contributed by atoms with Gasteiger partial charge in [0.1, 0.15) is 5.54 Å². The SMILES string of the molecule is CCC(C)(C#N)NC(=O)CCCOC. The molecule has 4 nitrogen and oxygen atoms in total. The summed E-state index contributed by atoms with van der Waals surface area (Å²) in [6, 6.07) is 2.09. The number of hydrogen-bond acceptors (Lipinski definition) is 3. The smallest absolute Gasteiger partial charge is 0.221 e. The lowest BCUT2D eigenvalue weighted by Crippen LogP contribution is -2.44. The molecule has 4 heteroatoms. The Bertz CT molecular complexity index is 223. The molecule has 0 rings (SSSR count). The molecule has 1 atom stereocenters. The fraction of sp³-hybridized carbons (Fsp3) is 0.800. The highest BCUT2D eigenvalue weighted by Gasteiger charge is 2.22. The van der Waals surface area contributed by atoms with Gasteiger partial charge in [0, 0.05) is 20.1 Å². The van der Waals surface area contributed by atoms with Crippen molar-refractivity contribution in [1.82, 2.24) is 5.32 Å². The molecule has 1 unspecified atom stereocenters. The van der Waals surface area contributed by atoms with E-state index in [1.165, 1.54) is 0 Å². The van der Waals surface area contributed by atoms with Crippen LogP contribution in [0.2, 0.25) is 0 Å². The third kappa shape index (κ3) is 4.83. The van der Waals surface area contributed by atoms with E-state index in [9.17, 15) is 4.79 Å². The number of carbonyl (C=O) groups is 1. The Balaban J connectivity index is 3.87. The Kier molecular flexibility index (Phi) is 5.89. The van der Waals surface area contributed by atoms with Crippen LogP contribution in [0.15, 0.2) is 0 Å². The first-order chi connectivity index (χ1) is 6.58. The van der Waals surface area contributed by atoms with Crippen molar-refractivity contribution in [1.29, 1.82) is 5.26 Å². The molecular formula is C10H18N2O2. The average Bonchev–Trinajstić information content (AvgIpc) is 2.18. The number of ether oxygens (including phenoxy) is 1. The minimum Gasteiger partial charge on any atom is -0.385 e. The molecule has 0 radical (unpaired) electrons. The predicted molar refractivity (Wildman–Crippen MR) is 53.6 cm³/mol. The zero-order valence-electron chi connectivity index (χ0n) is 9.09. The summed E-state index contributed by atoms with van der Waals surface area (Å²) >= 11 is 0. The summed E-state index contributed by atoms with van der Waals surface area (Å²) in [4.78, 5) is 11.3. The van der Waals surface area contributed by atoms with Crippen molar-refractivity contribution in [2.75, 3.05) is 13.7 Å². The largest absolute Gasteiger partial charge is 0.385 e. The Hall–Kier alpha value is -1.08. The van der Waals surface area contributed by atoms with Crippen molar-refractivity contribution in [2.45, 2.75) is 38.6 Å². The van der Waals surface area contributed by atoms with Crippen molar-refractivity contribution in [3.8, 4) is 6.07 Å². The van der Waals surface area contributed by atoms with Crippen molar-refractivity contribution < 1.29 is 9.53 Å². The molecule has 80 valence electrons. The van der Waals surface area contributed by atoms with Crippen LogP contribution in [0, 0.1) is 11.3 Å². The van der Waals surface area contributed by atoms with Gasteiger partial charge in [0.2, 0.25) is 5.91 Å². The van der Waals surface area contributed by atoms with Crippen LogP contribution < -0.4 is 5.32 Å². The van der Waals surface area contributed by atoms with Gasteiger partial charge in [0.25, 0.3) is 0 Å². The molecule has 0 bridgehead atoms. The van der Waals surface area contributed by atoms with Crippen LogP contribution in [0.25, 0.3) is 0 Å². The summed E-state index contributed by atoms with van der Waals surface area (Å²) < 4.78 is 4.83. The standard InChI is InChI=1S/C10H18N2O2/c1-4-10(2,8-11)12-9(13)6-5-7-14-3/h4-7H2,1-3H3,(H,12,13). The average molecular weight is 198 g/mol. The summed E-state index contributed by atoms with van der Waals surface area (Å²) in [5, 5.41) is 11.5. The maximum atomic E-state index is 11.3. The molecule has 14 heavy (non-hydrogen) atoms. The first kappa shape index (κ1) is 12.9. The second kappa shape index (κ2) is 6.39. The molecule has 0 heterocycles. The van der Waals surface area contributed by atoms with Gasteiger partial charge in [0.05, 0.1) is 6.07 Å². The van der Waals surface area contributed by atoms with Crippen molar-refractivity contribution in [2.24, 2.45) is 0 Å². The summed E-state index contributed by atoms with van der Waals surface area (Å²) in [5.41, 5.74) is -0.732. The normalized spacial score (nSPS) is 14.1. The van der Waals surface area contributed by atoms with E-state index in [0.717, 1.165) is 0 Å². The lowest BCUT2D eigenvalue weighted by molar-refractivity contribution is -0.122. The minimum absolute atomic E-state index is 0.0899. The summed E-state index contributed by atoms with van der Waals surface area (Å²) in [5.74, 6) is -0.0899. The van der Waals surface area contributed by atoms with E-state index < -0.39 is 5.54 Å². The van der Waals surface area contributed by atoms with Gasteiger partial charge >= 0.3 is 0 Å². The van der Waals surface area contributed by atoms with E-state index >= 15 is 0 Å². The number of nitrogens with one attached hydrogen (secondary N) is 1. The molecule has 1 amide bonds. The molecule has 0 saturated carbocycles. The van der Waals surface area contributed by atoms with E-state index in [4.69, 9.17) is 10.00 Å². The molecule has 0 aromatic rings. The zero-order chi connectivity index (χ0) is 11.0. The van der Waals surface area contributed by atoms with E-state index in [1.54, 1.807) is 14.0 Å². The number of hydrogen-bond donors (Lipinski definition) is 1. The van der Waals surface area contributed by atoms with Crippen molar-refractivity contribution in [3.05, 3.63) is 0 Å². The molecule has 0 spiro atoms. The highest BCUT2D eigenvalue weighted by Crippen LogP contribution is 2.07. The topological polar surface area (TPSA) is 62.1 Å². The van der Waals surface area contributed by atoms with Gasteiger partial charge in [-0.15, -0.1) is 0 Å².